The van der Waals surface area contributed by atoms with E-state index in [1.54, 1.807) is 0 Å². The van der Waals surface area contributed by atoms with Gasteiger partial charge in [0.2, 0.25) is 0 Å². The number of aromatic nitrogens is 2. The highest BCUT2D eigenvalue weighted by Gasteiger charge is 2.12. The second-order valence-corrected chi connectivity index (χ2v) is 5.24. The molecule has 90 valence electrons. The van der Waals surface area contributed by atoms with Crippen molar-refractivity contribution in [2.24, 2.45) is 0 Å². The molecule has 1 aromatic rings. The number of anilines is 2. The van der Waals surface area contributed by atoms with Crippen molar-refractivity contribution in [1.82, 2.24) is 9.97 Å². The average molecular weight is 258 g/mol. The molecule has 4 nitrogen and oxygen atoms in total. The van der Waals surface area contributed by atoms with Gasteiger partial charge in [0.15, 0.2) is 5.16 Å². The summed E-state index contributed by atoms with van der Waals surface area (Å²) in [7, 11) is 2.03. The van der Waals surface area contributed by atoms with Crippen molar-refractivity contribution in [3.05, 3.63) is 6.07 Å². The van der Waals surface area contributed by atoms with Gasteiger partial charge in [0.1, 0.15) is 11.6 Å². The van der Waals surface area contributed by atoms with Gasteiger partial charge in [-0.2, -0.15) is 11.8 Å². The van der Waals surface area contributed by atoms with Gasteiger partial charge >= 0.3 is 0 Å². The third-order valence-electron chi connectivity index (χ3n) is 2.32. The van der Waals surface area contributed by atoms with Crippen LogP contribution >= 0.6 is 23.5 Å². The van der Waals surface area contributed by atoms with Crippen LogP contribution in [0.2, 0.25) is 0 Å². The van der Waals surface area contributed by atoms with Gasteiger partial charge in [-0.15, -0.1) is 0 Å². The van der Waals surface area contributed by atoms with Gasteiger partial charge < -0.3 is 10.6 Å². The van der Waals surface area contributed by atoms with E-state index in [0.717, 1.165) is 16.7 Å². The number of rotatable bonds is 5. The molecule has 1 rings (SSSR count). The standard InChI is InChI=1S/C10H18N4S2/c1-7(6-15-3)14(2)9-5-8(11)12-10(13-9)16-4/h5,7H,6H2,1-4H3,(H2,11,12,13). The van der Waals surface area contributed by atoms with E-state index < -0.39 is 0 Å². The lowest BCUT2D eigenvalue weighted by Gasteiger charge is -2.25. The van der Waals surface area contributed by atoms with E-state index in [0.29, 0.717) is 11.9 Å². The maximum atomic E-state index is 5.75. The van der Waals surface area contributed by atoms with Gasteiger partial charge in [-0.3, -0.25) is 0 Å². The van der Waals surface area contributed by atoms with Crippen LogP contribution in [0.4, 0.5) is 11.6 Å². The molecule has 0 saturated heterocycles. The van der Waals surface area contributed by atoms with Crippen molar-refractivity contribution >= 4 is 35.2 Å². The third kappa shape index (κ3) is 3.45. The van der Waals surface area contributed by atoms with Crippen LogP contribution in [0.1, 0.15) is 6.92 Å². The molecule has 0 amide bonds. The molecule has 0 saturated carbocycles. The first-order valence-electron chi connectivity index (χ1n) is 4.98. The van der Waals surface area contributed by atoms with Gasteiger partial charge in [0, 0.05) is 24.9 Å². The van der Waals surface area contributed by atoms with Crippen molar-refractivity contribution < 1.29 is 0 Å². The normalized spacial score (nSPS) is 12.5. The van der Waals surface area contributed by atoms with Gasteiger partial charge in [0.25, 0.3) is 0 Å². The Morgan fingerprint density at radius 3 is 2.69 bits per heavy atom. The SMILES string of the molecule is CSCC(C)N(C)c1cc(N)nc(SC)n1. The highest BCUT2D eigenvalue weighted by molar-refractivity contribution is 7.98. The lowest BCUT2D eigenvalue weighted by Crippen LogP contribution is -2.31. The van der Waals surface area contributed by atoms with Crippen LogP contribution in [0.5, 0.6) is 0 Å². The van der Waals surface area contributed by atoms with E-state index in [-0.39, 0.29) is 0 Å². The van der Waals surface area contributed by atoms with E-state index in [4.69, 9.17) is 5.73 Å². The van der Waals surface area contributed by atoms with E-state index in [1.165, 1.54) is 11.8 Å². The Balaban J connectivity index is 2.89. The molecule has 2 N–H and O–H groups in total. The van der Waals surface area contributed by atoms with E-state index in [9.17, 15) is 0 Å². The van der Waals surface area contributed by atoms with E-state index >= 15 is 0 Å². The first kappa shape index (κ1) is 13.4. The number of hydrogen-bond donors (Lipinski definition) is 1. The minimum atomic E-state index is 0.430. The van der Waals surface area contributed by atoms with Crippen molar-refractivity contribution in [3.8, 4) is 0 Å². The zero-order valence-electron chi connectivity index (χ0n) is 10.1. The monoisotopic (exact) mass is 258 g/mol. The van der Waals surface area contributed by atoms with Gasteiger partial charge in [-0.25, -0.2) is 9.97 Å². The molecule has 1 aromatic heterocycles. The van der Waals surface area contributed by atoms with Crippen LogP contribution < -0.4 is 10.6 Å². The highest BCUT2D eigenvalue weighted by atomic mass is 32.2. The Kier molecular flexibility index (Phi) is 5.21. The molecule has 0 fully saturated rings. The fourth-order valence-corrected chi connectivity index (χ4v) is 2.37. The average Bonchev–Trinajstić information content (AvgIpc) is 2.27. The molecule has 0 aliphatic heterocycles. The first-order chi connectivity index (χ1) is 7.58. The minimum absolute atomic E-state index is 0.430. The summed E-state index contributed by atoms with van der Waals surface area (Å²) < 4.78 is 0. The van der Waals surface area contributed by atoms with E-state index in [2.05, 4.69) is 28.0 Å². The van der Waals surface area contributed by atoms with Crippen LogP contribution in [0, 0.1) is 0 Å². The third-order valence-corrected chi connectivity index (χ3v) is 3.69. The quantitative estimate of drug-likeness (QED) is 0.644. The molecule has 0 aromatic carbocycles. The summed E-state index contributed by atoms with van der Waals surface area (Å²) in [4.78, 5) is 10.7. The summed E-state index contributed by atoms with van der Waals surface area (Å²) in [6.07, 6.45) is 4.05. The molecular weight excluding hydrogens is 240 g/mol. The second kappa shape index (κ2) is 6.20. The van der Waals surface area contributed by atoms with Crippen molar-refractivity contribution in [2.45, 2.75) is 18.1 Å². The second-order valence-electron chi connectivity index (χ2n) is 3.55. The van der Waals surface area contributed by atoms with Gasteiger partial charge in [-0.05, 0) is 19.4 Å². The zero-order chi connectivity index (χ0) is 12.1. The molecule has 0 radical (unpaired) electrons. The number of hydrogen-bond acceptors (Lipinski definition) is 6. The smallest absolute Gasteiger partial charge is 0.191 e. The lowest BCUT2D eigenvalue weighted by molar-refractivity contribution is 0.743. The van der Waals surface area contributed by atoms with Crippen LogP contribution in [-0.4, -0.2) is 41.3 Å². The predicted molar refractivity (Wildman–Crippen MR) is 74.5 cm³/mol. The Morgan fingerprint density at radius 2 is 2.12 bits per heavy atom. The molecule has 6 heteroatoms. The summed E-state index contributed by atoms with van der Waals surface area (Å²) in [5, 5.41) is 0.721. The topological polar surface area (TPSA) is 55.0 Å². The van der Waals surface area contributed by atoms with Crippen molar-refractivity contribution in [3.63, 3.8) is 0 Å². The number of thioether (sulfide) groups is 2. The lowest BCUT2D eigenvalue weighted by atomic mass is 10.3. The molecular formula is C10H18N4S2. The fraction of sp³-hybridized carbons (Fsp3) is 0.600. The Labute approximate surface area is 105 Å². The van der Waals surface area contributed by atoms with Crippen LogP contribution in [0.25, 0.3) is 0 Å². The maximum Gasteiger partial charge on any atom is 0.191 e. The summed E-state index contributed by atoms with van der Waals surface area (Å²) >= 11 is 3.33. The Morgan fingerprint density at radius 1 is 1.44 bits per heavy atom. The van der Waals surface area contributed by atoms with Gasteiger partial charge in [0.05, 0.1) is 0 Å². The molecule has 1 atom stereocenters. The molecule has 1 unspecified atom stereocenters. The number of nitrogens with two attached hydrogens (primary N) is 1. The Bertz CT molecular complexity index is 346. The van der Waals surface area contributed by atoms with Crippen LogP contribution in [-0.2, 0) is 0 Å². The van der Waals surface area contributed by atoms with Gasteiger partial charge in [-0.1, -0.05) is 11.8 Å². The fourth-order valence-electron chi connectivity index (χ4n) is 1.28. The molecule has 1 heterocycles. The van der Waals surface area contributed by atoms with Crippen LogP contribution in [0.3, 0.4) is 0 Å². The first-order valence-corrected chi connectivity index (χ1v) is 7.60. The molecule has 0 bridgehead atoms. The van der Waals surface area contributed by atoms with E-state index in [1.807, 2.05) is 31.1 Å². The summed E-state index contributed by atoms with van der Waals surface area (Å²) in [6.45, 7) is 2.17. The summed E-state index contributed by atoms with van der Waals surface area (Å²) in [5.41, 5.74) is 5.75. The minimum Gasteiger partial charge on any atom is -0.383 e. The summed E-state index contributed by atoms with van der Waals surface area (Å²) in [6, 6.07) is 2.25. The highest BCUT2D eigenvalue weighted by Crippen LogP contribution is 2.20. The maximum absolute atomic E-state index is 5.75. The van der Waals surface area contributed by atoms with Crippen molar-refractivity contribution in [2.75, 3.05) is 35.9 Å². The molecule has 0 aliphatic rings. The molecule has 16 heavy (non-hydrogen) atoms. The number of nitrogen functional groups attached to an aromatic ring is 1. The Hall–Kier alpha value is -0.620. The zero-order valence-corrected chi connectivity index (χ0v) is 11.7. The summed E-state index contributed by atoms with van der Waals surface area (Å²) in [5.74, 6) is 2.48. The predicted octanol–water partition coefficient (Wildman–Crippen LogP) is 1.97. The molecule has 0 spiro atoms. The largest absolute Gasteiger partial charge is 0.383 e. The molecule has 0 aliphatic carbocycles. The van der Waals surface area contributed by atoms with Crippen LogP contribution in [0.15, 0.2) is 11.2 Å². The van der Waals surface area contributed by atoms with Crippen molar-refractivity contribution in [1.29, 1.82) is 0 Å². The number of nitrogens with zero attached hydrogens (tertiary/aromatic N) is 3.